The number of carbonyl (C=O) groups is 1. The van der Waals surface area contributed by atoms with E-state index >= 15 is 0 Å². The highest BCUT2D eigenvalue weighted by Gasteiger charge is 2.08. The molecular weight excluding hydrogens is 240 g/mol. The lowest BCUT2D eigenvalue weighted by atomic mass is 10.5. The molecule has 1 heterocycles. The van der Waals surface area contributed by atoms with E-state index in [1.165, 1.54) is 11.3 Å². The zero-order valence-electron chi connectivity index (χ0n) is 6.67. The summed E-state index contributed by atoms with van der Waals surface area (Å²) >= 11 is 4.66. The molecule has 2 nitrogen and oxygen atoms in total. The van der Waals surface area contributed by atoms with Gasteiger partial charge in [-0.3, -0.25) is 0 Å². The number of carbonyl (C=O) groups excluding carboxylic acids is 1. The molecule has 0 unspecified atom stereocenters. The molecule has 0 atom stereocenters. The standard InChI is InChI=1S/C8H9BrO2S/c1-2-3-11-8(10)7-4-6(9)5-12-7/h4-5H,2-3H2,1H3. The SMILES string of the molecule is CCCOC(=O)c1cc(Br)cs1. The second-order valence-corrected chi connectivity index (χ2v) is 4.09. The van der Waals surface area contributed by atoms with Gasteiger partial charge < -0.3 is 4.74 Å². The van der Waals surface area contributed by atoms with Crippen LogP contribution in [0.25, 0.3) is 0 Å². The van der Waals surface area contributed by atoms with Crippen molar-refractivity contribution in [1.82, 2.24) is 0 Å². The van der Waals surface area contributed by atoms with E-state index in [-0.39, 0.29) is 5.97 Å². The number of hydrogen-bond donors (Lipinski definition) is 0. The maximum atomic E-state index is 11.2. The smallest absolute Gasteiger partial charge is 0.348 e. The van der Waals surface area contributed by atoms with E-state index in [2.05, 4.69) is 15.9 Å². The normalized spacial score (nSPS) is 9.83. The summed E-state index contributed by atoms with van der Waals surface area (Å²) in [5, 5.41) is 1.86. The third kappa shape index (κ3) is 2.60. The van der Waals surface area contributed by atoms with Crippen molar-refractivity contribution in [3.8, 4) is 0 Å². The van der Waals surface area contributed by atoms with Crippen molar-refractivity contribution in [1.29, 1.82) is 0 Å². The summed E-state index contributed by atoms with van der Waals surface area (Å²) in [6.45, 7) is 2.46. The summed E-state index contributed by atoms with van der Waals surface area (Å²) in [6.07, 6.45) is 0.859. The molecule has 0 aliphatic heterocycles. The highest BCUT2D eigenvalue weighted by atomic mass is 79.9. The highest BCUT2D eigenvalue weighted by molar-refractivity contribution is 9.10. The van der Waals surface area contributed by atoms with Crippen LogP contribution in [0.3, 0.4) is 0 Å². The van der Waals surface area contributed by atoms with Gasteiger partial charge in [0.15, 0.2) is 0 Å². The first-order valence-electron chi connectivity index (χ1n) is 3.65. The van der Waals surface area contributed by atoms with Crippen LogP contribution < -0.4 is 0 Å². The lowest BCUT2D eigenvalue weighted by molar-refractivity contribution is 0.0511. The average molecular weight is 249 g/mol. The predicted octanol–water partition coefficient (Wildman–Crippen LogP) is 3.08. The Morgan fingerprint density at radius 3 is 3.00 bits per heavy atom. The third-order valence-corrected chi connectivity index (χ3v) is 2.88. The highest BCUT2D eigenvalue weighted by Crippen LogP contribution is 2.20. The van der Waals surface area contributed by atoms with E-state index in [4.69, 9.17) is 4.74 Å². The van der Waals surface area contributed by atoms with Gasteiger partial charge in [-0.25, -0.2) is 4.79 Å². The van der Waals surface area contributed by atoms with E-state index in [1.807, 2.05) is 12.3 Å². The molecule has 4 heteroatoms. The van der Waals surface area contributed by atoms with Gasteiger partial charge in [0.25, 0.3) is 0 Å². The number of ether oxygens (including phenoxy) is 1. The number of halogens is 1. The van der Waals surface area contributed by atoms with Gasteiger partial charge in [0, 0.05) is 9.85 Å². The Morgan fingerprint density at radius 1 is 1.75 bits per heavy atom. The summed E-state index contributed by atoms with van der Waals surface area (Å²) < 4.78 is 5.87. The molecule has 0 N–H and O–H groups in total. The van der Waals surface area contributed by atoms with Gasteiger partial charge in [-0.1, -0.05) is 6.92 Å². The van der Waals surface area contributed by atoms with Gasteiger partial charge in [-0.05, 0) is 28.4 Å². The van der Waals surface area contributed by atoms with Crippen LogP contribution in [0.1, 0.15) is 23.0 Å². The maximum absolute atomic E-state index is 11.2. The topological polar surface area (TPSA) is 26.3 Å². The van der Waals surface area contributed by atoms with Crippen LogP contribution in [0.15, 0.2) is 15.9 Å². The van der Waals surface area contributed by atoms with E-state index in [0.29, 0.717) is 11.5 Å². The minimum Gasteiger partial charge on any atom is -0.462 e. The van der Waals surface area contributed by atoms with Gasteiger partial charge in [-0.15, -0.1) is 11.3 Å². The fourth-order valence-electron chi connectivity index (χ4n) is 0.686. The summed E-state index contributed by atoms with van der Waals surface area (Å²) in [6, 6.07) is 1.77. The van der Waals surface area contributed by atoms with Crippen molar-refractivity contribution in [3.05, 3.63) is 20.8 Å². The monoisotopic (exact) mass is 248 g/mol. The second-order valence-electron chi connectivity index (χ2n) is 2.27. The van der Waals surface area contributed by atoms with Crippen LogP contribution in [0.5, 0.6) is 0 Å². The Labute approximate surface area is 83.7 Å². The Bertz CT molecular complexity index is 270. The molecule has 1 rings (SSSR count). The molecule has 0 aliphatic rings. The number of esters is 1. The van der Waals surface area contributed by atoms with Crippen molar-refractivity contribution in [2.75, 3.05) is 6.61 Å². The molecule has 0 bridgehead atoms. The molecule has 66 valence electrons. The van der Waals surface area contributed by atoms with Gasteiger partial charge >= 0.3 is 5.97 Å². The molecule has 0 spiro atoms. The Morgan fingerprint density at radius 2 is 2.50 bits per heavy atom. The maximum Gasteiger partial charge on any atom is 0.348 e. The first-order chi connectivity index (χ1) is 5.74. The summed E-state index contributed by atoms with van der Waals surface area (Å²) in [4.78, 5) is 11.8. The van der Waals surface area contributed by atoms with Crippen molar-refractivity contribution in [2.45, 2.75) is 13.3 Å². The molecule has 1 aromatic heterocycles. The van der Waals surface area contributed by atoms with Crippen LogP contribution in [0, 0.1) is 0 Å². The van der Waals surface area contributed by atoms with Gasteiger partial charge in [0.1, 0.15) is 4.88 Å². The summed E-state index contributed by atoms with van der Waals surface area (Å²) in [7, 11) is 0. The van der Waals surface area contributed by atoms with Crippen LogP contribution in [-0.2, 0) is 4.74 Å². The fraction of sp³-hybridized carbons (Fsp3) is 0.375. The van der Waals surface area contributed by atoms with Crippen LogP contribution in [0.2, 0.25) is 0 Å². The molecule has 1 aromatic rings. The van der Waals surface area contributed by atoms with E-state index in [0.717, 1.165) is 10.9 Å². The number of rotatable bonds is 3. The minimum absolute atomic E-state index is 0.229. The summed E-state index contributed by atoms with van der Waals surface area (Å²) in [5.74, 6) is -0.229. The largest absolute Gasteiger partial charge is 0.462 e. The molecule has 0 radical (unpaired) electrons. The Kier molecular flexibility index (Phi) is 3.75. The van der Waals surface area contributed by atoms with Gasteiger partial charge in [0.2, 0.25) is 0 Å². The zero-order chi connectivity index (χ0) is 8.97. The molecule has 0 saturated heterocycles. The van der Waals surface area contributed by atoms with Crippen molar-refractivity contribution in [2.24, 2.45) is 0 Å². The van der Waals surface area contributed by atoms with Crippen molar-refractivity contribution < 1.29 is 9.53 Å². The molecule has 12 heavy (non-hydrogen) atoms. The van der Waals surface area contributed by atoms with E-state index in [1.54, 1.807) is 6.07 Å². The lowest BCUT2D eigenvalue weighted by Crippen LogP contribution is -2.03. The first kappa shape index (κ1) is 9.74. The Balaban J connectivity index is 2.53. The van der Waals surface area contributed by atoms with Crippen LogP contribution in [0.4, 0.5) is 0 Å². The van der Waals surface area contributed by atoms with Crippen molar-refractivity contribution in [3.63, 3.8) is 0 Å². The van der Waals surface area contributed by atoms with Gasteiger partial charge in [-0.2, -0.15) is 0 Å². The molecule has 0 amide bonds. The van der Waals surface area contributed by atoms with E-state index in [9.17, 15) is 4.79 Å². The van der Waals surface area contributed by atoms with Crippen LogP contribution in [-0.4, -0.2) is 12.6 Å². The zero-order valence-corrected chi connectivity index (χ0v) is 9.07. The number of thiophene rings is 1. The first-order valence-corrected chi connectivity index (χ1v) is 5.32. The third-order valence-electron chi connectivity index (χ3n) is 1.21. The molecule has 0 aromatic carbocycles. The minimum atomic E-state index is -0.229. The molecule has 0 fully saturated rings. The second kappa shape index (κ2) is 4.62. The fourth-order valence-corrected chi connectivity index (χ4v) is 2.00. The Hall–Kier alpha value is -0.350. The average Bonchev–Trinajstić information content (AvgIpc) is 2.47. The number of hydrogen-bond acceptors (Lipinski definition) is 3. The van der Waals surface area contributed by atoms with Crippen molar-refractivity contribution >= 4 is 33.2 Å². The van der Waals surface area contributed by atoms with Crippen LogP contribution >= 0.6 is 27.3 Å². The lowest BCUT2D eigenvalue weighted by Gasteiger charge is -1.98. The molecule has 0 aliphatic carbocycles. The predicted molar refractivity (Wildman–Crippen MR) is 52.6 cm³/mol. The quantitative estimate of drug-likeness (QED) is 0.769. The van der Waals surface area contributed by atoms with Gasteiger partial charge in [0.05, 0.1) is 6.61 Å². The van der Waals surface area contributed by atoms with E-state index < -0.39 is 0 Å². The molecular formula is C8H9BrO2S. The summed E-state index contributed by atoms with van der Waals surface area (Å²) in [5.41, 5.74) is 0. The molecule has 0 saturated carbocycles.